The van der Waals surface area contributed by atoms with Gasteiger partial charge in [-0.2, -0.15) is 0 Å². The summed E-state index contributed by atoms with van der Waals surface area (Å²) in [7, 11) is 1.24. The van der Waals surface area contributed by atoms with E-state index in [-0.39, 0.29) is 9.92 Å². The van der Waals surface area contributed by atoms with Crippen molar-refractivity contribution in [3.63, 3.8) is 0 Å². The van der Waals surface area contributed by atoms with Gasteiger partial charge in [0.05, 0.1) is 16.4 Å². The van der Waals surface area contributed by atoms with Gasteiger partial charge in [-0.15, -0.1) is 11.3 Å². The first-order valence-corrected chi connectivity index (χ1v) is 11.4. The highest BCUT2D eigenvalue weighted by Gasteiger charge is 2.22. The van der Waals surface area contributed by atoms with Crippen LogP contribution in [0.15, 0.2) is 62.2 Å². The Morgan fingerprint density at radius 2 is 1.81 bits per heavy atom. The third-order valence-electron chi connectivity index (χ3n) is 3.96. The molecule has 0 aliphatic carbocycles. The number of thiazole rings is 1. The van der Waals surface area contributed by atoms with Crippen LogP contribution < -0.4 is 4.80 Å². The van der Waals surface area contributed by atoms with Crippen molar-refractivity contribution in [2.24, 2.45) is 12.0 Å². The molecule has 0 saturated heterocycles. The normalized spacial score (nSPS) is 12.7. The van der Waals surface area contributed by atoms with Crippen LogP contribution in [-0.2, 0) is 17.1 Å². The first kappa shape index (κ1) is 20.3. The fourth-order valence-electron chi connectivity index (χ4n) is 2.42. The highest BCUT2D eigenvalue weighted by Crippen LogP contribution is 2.29. The molecule has 0 bridgehead atoms. The van der Waals surface area contributed by atoms with Crippen LogP contribution in [0.2, 0.25) is 5.02 Å². The third kappa shape index (κ3) is 4.20. The van der Waals surface area contributed by atoms with Gasteiger partial charge in [-0.1, -0.05) is 33.6 Å². The topological polar surface area (TPSA) is 54.7 Å². The number of halogens is 2. The zero-order valence-electron chi connectivity index (χ0n) is 14.8. The monoisotopic (exact) mass is 485 g/mol. The average molecular weight is 487 g/mol. The summed E-state index contributed by atoms with van der Waals surface area (Å²) >= 11 is 11.0. The minimum Gasteiger partial charge on any atom is -0.320 e. The summed E-state index contributed by atoms with van der Waals surface area (Å²) in [5, 5.41) is 2.15. The third-order valence-corrected chi connectivity index (χ3v) is 7.70. The maximum atomic E-state index is 12.5. The Hall–Kier alpha value is -1.45. The van der Waals surface area contributed by atoms with Crippen molar-refractivity contribution in [2.45, 2.75) is 4.90 Å². The van der Waals surface area contributed by atoms with Crippen molar-refractivity contribution in [3.05, 3.63) is 62.1 Å². The molecule has 3 aromatic rings. The van der Waals surface area contributed by atoms with E-state index < -0.39 is 10.0 Å². The van der Waals surface area contributed by atoms with Gasteiger partial charge in [0.1, 0.15) is 4.90 Å². The minimum absolute atomic E-state index is 0.0873. The highest BCUT2D eigenvalue weighted by atomic mass is 79.9. The van der Waals surface area contributed by atoms with Crippen LogP contribution in [0.3, 0.4) is 0 Å². The van der Waals surface area contributed by atoms with E-state index >= 15 is 0 Å². The summed E-state index contributed by atoms with van der Waals surface area (Å²) < 4.78 is 29.1. The lowest BCUT2D eigenvalue weighted by Crippen LogP contribution is -2.22. The molecule has 0 atom stereocenters. The van der Waals surface area contributed by atoms with Crippen LogP contribution in [0.1, 0.15) is 0 Å². The number of hydrogen-bond acceptors (Lipinski definition) is 4. The van der Waals surface area contributed by atoms with Gasteiger partial charge in [-0.3, -0.25) is 0 Å². The standard InChI is InChI=1S/C18H17BrClN3O2S2/c1-22(2)27(24,25)17-10-12(4-9-15(17)20)16-11-26-18(23(16)3)21-14-7-5-13(19)6-8-14/h4-11H,1-3H3. The zero-order chi connectivity index (χ0) is 19.8. The van der Waals surface area contributed by atoms with Gasteiger partial charge in [0, 0.05) is 36.6 Å². The maximum Gasteiger partial charge on any atom is 0.244 e. The highest BCUT2D eigenvalue weighted by molar-refractivity contribution is 9.10. The Balaban J connectivity index is 2.09. The maximum absolute atomic E-state index is 12.5. The van der Waals surface area contributed by atoms with Crippen LogP contribution >= 0.6 is 38.9 Å². The number of sulfonamides is 1. The Kier molecular flexibility index (Phi) is 5.93. The van der Waals surface area contributed by atoms with Gasteiger partial charge in [-0.05, 0) is 36.4 Å². The lowest BCUT2D eigenvalue weighted by molar-refractivity contribution is 0.521. The predicted octanol–water partition coefficient (Wildman–Crippen LogP) is 4.65. The molecule has 27 heavy (non-hydrogen) atoms. The molecule has 5 nitrogen and oxygen atoms in total. The molecule has 9 heteroatoms. The minimum atomic E-state index is -3.63. The SMILES string of the molecule is CN(C)S(=O)(=O)c1cc(-c2csc(=Nc3ccc(Br)cc3)n2C)ccc1Cl. The van der Waals surface area contributed by atoms with E-state index in [0.29, 0.717) is 0 Å². The Bertz CT molecular complexity index is 1150. The van der Waals surface area contributed by atoms with Gasteiger partial charge in [0.2, 0.25) is 10.0 Å². The van der Waals surface area contributed by atoms with Crippen molar-refractivity contribution in [3.8, 4) is 11.3 Å². The van der Waals surface area contributed by atoms with E-state index in [0.717, 1.165) is 30.5 Å². The molecule has 0 N–H and O–H groups in total. The lowest BCUT2D eigenvalue weighted by Gasteiger charge is -2.14. The molecule has 0 fully saturated rings. The van der Waals surface area contributed by atoms with Gasteiger partial charge >= 0.3 is 0 Å². The predicted molar refractivity (Wildman–Crippen MR) is 114 cm³/mol. The van der Waals surface area contributed by atoms with E-state index in [1.165, 1.54) is 25.4 Å². The Morgan fingerprint density at radius 1 is 1.15 bits per heavy atom. The van der Waals surface area contributed by atoms with E-state index in [1.807, 2.05) is 47.3 Å². The smallest absolute Gasteiger partial charge is 0.244 e. The summed E-state index contributed by atoms with van der Waals surface area (Å²) in [6.45, 7) is 0. The number of nitrogens with zero attached hydrogens (tertiary/aromatic N) is 3. The van der Waals surface area contributed by atoms with Crippen molar-refractivity contribution in [2.75, 3.05) is 14.1 Å². The quantitative estimate of drug-likeness (QED) is 0.539. The van der Waals surface area contributed by atoms with Crippen molar-refractivity contribution < 1.29 is 8.42 Å². The fraction of sp³-hybridized carbons (Fsp3) is 0.167. The summed E-state index contributed by atoms with van der Waals surface area (Å²) in [5.41, 5.74) is 2.47. The van der Waals surface area contributed by atoms with Crippen LogP contribution in [0.5, 0.6) is 0 Å². The second-order valence-corrected chi connectivity index (χ2v) is 10.3. The molecule has 0 aliphatic heterocycles. The molecule has 0 saturated carbocycles. The Morgan fingerprint density at radius 3 is 2.44 bits per heavy atom. The molecule has 0 unspecified atom stereocenters. The van der Waals surface area contributed by atoms with Gasteiger partial charge < -0.3 is 4.57 Å². The van der Waals surface area contributed by atoms with E-state index in [1.54, 1.807) is 12.1 Å². The van der Waals surface area contributed by atoms with Gasteiger partial charge in [-0.25, -0.2) is 17.7 Å². The summed E-state index contributed by atoms with van der Waals surface area (Å²) in [6.07, 6.45) is 0. The molecular weight excluding hydrogens is 470 g/mol. The number of hydrogen-bond donors (Lipinski definition) is 0. The summed E-state index contributed by atoms with van der Waals surface area (Å²) in [5.74, 6) is 0. The molecule has 142 valence electrons. The molecular formula is C18H17BrClN3O2S2. The van der Waals surface area contributed by atoms with Crippen molar-refractivity contribution in [1.82, 2.24) is 8.87 Å². The van der Waals surface area contributed by atoms with E-state index in [4.69, 9.17) is 11.6 Å². The van der Waals surface area contributed by atoms with Crippen molar-refractivity contribution in [1.29, 1.82) is 0 Å². The second-order valence-electron chi connectivity index (χ2n) is 5.98. The van der Waals surface area contributed by atoms with Crippen molar-refractivity contribution >= 4 is 54.6 Å². The fourth-order valence-corrected chi connectivity index (χ4v) is 5.00. The molecule has 2 aromatic carbocycles. The second kappa shape index (κ2) is 7.89. The number of aromatic nitrogens is 1. The largest absolute Gasteiger partial charge is 0.320 e. The van der Waals surface area contributed by atoms with Crippen LogP contribution in [0.4, 0.5) is 5.69 Å². The van der Waals surface area contributed by atoms with Crippen LogP contribution in [0, 0.1) is 0 Å². The van der Waals surface area contributed by atoms with Crippen LogP contribution in [0.25, 0.3) is 11.3 Å². The molecule has 0 amide bonds. The van der Waals surface area contributed by atoms with E-state index in [2.05, 4.69) is 20.9 Å². The molecule has 1 heterocycles. The summed E-state index contributed by atoms with van der Waals surface area (Å²) in [4.78, 5) is 5.55. The molecule has 1 aromatic heterocycles. The average Bonchev–Trinajstić information content (AvgIpc) is 2.98. The first-order chi connectivity index (χ1) is 12.7. The van der Waals surface area contributed by atoms with Crippen LogP contribution in [-0.4, -0.2) is 31.4 Å². The number of rotatable bonds is 4. The van der Waals surface area contributed by atoms with Gasteiger partial charge in [0.15, 0.2) is 4.80 Å². The molecule has 0 radical (unpaired) electrons. The molecule has 0 aliphatic rings. The number of benzene rings is 2. The zero-order valence-corrected chi connectivity index (χ0v) is 18.8. The lowest BCUT2D eigenvalue weighted by atomic mass is 10.2. The summed E-state index contributed by atoms with van der Waals surface area (Å²) in [6, 6.07) is 12.7. The van der Waals surface area contributed by atoms with E-state index in [9.17, 15) is 8.42 Å². The molecule has 3 rings (SSSR count). The first-order valence-electron chi connectivity index (χ1n) is 7.87. The van der Waals surface area contributed by atoms with Gasteiger partial charge in [0.25, 0.3) is 0 Å². The molecule has 0 spiro atoms. The Labute approximate surface area is 175 Å².